The zero-order valence-electron chi connectivity index (χ0n) is 22.4. The maximum atomic E-state index is 13.1. The summed E-state index contributed by atoms with van der Waals surface area (Å²) in [4.78, 5) is 34.0. The standard InChI is InChI=1S/C28H37N3O4Si/c1-17-9-8-10-21(29-17)26(33)30-23-15-24-22(16-25(23)35-36(6,7)28(3,4)5)31-27(34-24)20-13-11-19(12-14-20)18(2)32/h8-10,15-16,19-20H,11-14H2,1-7H3,(H,30,33). The number of hydrogen-bond donors (Lipinski definition) is 1. The van der Waals surface area contributed by atoms with E-state index in [0.717, 1.165) is 31.4 Å². The Morgan fingerprint density at radius 3 is 2.39 bits per heavy atom. The van der Waals surface area contributed by atoms with Crippen molar-refractivity contribution in [2.75, 3.05) is 5.32 Å². The number of rotatable bonds is 6. The van der Waals surface area contributed by atoms with E-state index in [2.05, 4.69) is 44.2 Å². The summed E-state index contributed by atoms with van der Waals surface area (Å²) < 4.78 is 12.8. The first-order valence-corrected chi connectivity index (χ1v) is 15.6. The first kappa shape index (κ1) is 26.1. The number of nitrogens with zero attached hydrogens (tertiary/aromatic N) is 2. The molecule has 1 aliphatic rings. The van der Waals surface area contributed by atoms with Gasteiger partial charge in [0.2, 0.25) is 0 Å². The molecule has 4 rings (SSSR count). The van der Waals surface area contributed by atoms with Crippen LogP contribution < -0.4 is 9.74 Å². The summed E-state index contributed by atoms with van der Waals surface area (Å²) in [5.41, 5.74) is 2.97. The first-order chi connectivity index (χ1) is 16.8. The predicted molar refractivity (Wildman–Crippen MR) is 144 cm³/mol. The molecule has 1 aromatic carbocycles. The van der Waals surface area contributed by atoms with Gasteiger partial charge in [0.25, 0.3) is 14.2 Å². The van der Waals surface area contributed by atoms with E-state index >= 15 is 0 Å². The Bertz CT molecular complexity index is 1280. The van der Waals surface area contributed by atoms with Gasteiger partial charge in [0.1, 0.15) is 22.7 Å². The molecular weight excluding hydrogens is 470 g/mol. The van der Waals surface area contributed by atoms with Gasteiger partial charge in [-0.15, -0.1) is 0 Å². The third-order valence-corrected chi connectivity index (χ3v) is 12.0. The highest BCUT2D eigenvalue weighted by molar-refractivity contribution is 6.74. The van der Waals surface area contributed by atoms with Crippen LogP contribution in [-0.2, 0) is 4.79 Å². The molecule has 1 fully saturated rings. The van der Waals surface area contributed by atoms with Gasteiger partial charge in [-0.25, -0.2) is 9.97 Å². The van der Waals surface area contributed by atoms with Crippen LogP contribution in [0.4, 0.5) is 5.69 Å². The van der Waals surface area contributed by atoms with Crippen molar-refractivity contribution in [2.45, 2.75) is 84.4 Å². The minimum atomic E-state index is -2.20. The molecule has 0 aliphatic heterocycles. The number of carbonyl (C=O) groups excluding carboxylic acids is 2. The number of carbonyl (C=O) groups is 2. The fraction of sp³-hybridized carbons (Fsp3) is 0.500. The summed E-state index contributed by atoms with van der Waals surface area (Å²) >= 11 is 0. The van der Waals surface area contributed by atoms with E-state index < -0.39 is 8.32 Å². The van der Waals surface area contributed by atoms with Gasteiger partial charge in [0.05, 0.1) is 5.69 Å². The Kier molecular flexibility index (Phi) is 7.10. The summed E-state index contributed by atoms with van der Waals surface area (Å²) in [6.45, 7) is 14.4. The summed E-state index contributed by atoms with van der Waals surface area (Å²) in [5.74, 6) is 1.58. The number of fused-ring (bicyclic) bond motifs is 1. The highest BCUT2D eigenvalue weighted by atomic mass is 28.4. The lowest BCUT2D eigenvalue weighted by molar-refractivity contribution is -0.121. The van der Waals surface area contributed by atoms with Crippen LogP contribution in [0.25, 0.3) is 11.1 Å². The second-order valence-electron chi connectivity index (χ2n) is 11.5. The molecule has 3 aromatic rings. The number of pyridine rings is 1. The fourth-order valence-electron chi connectivity index (χ4n) is 4.36. The van der Waals surface area contributed by atoms with E-state index in [1.807, 2.05) is 31.2 Å². The van der Waals surface area contributed by atoms with Crippen molar-refractivity contribution in [2.24, 2.45) is 5.92 Å². The van der Waals surface area contributed by atoms with Crippen LogP contribution in [0.5, 0.6) is 5.75 Å². The Labute approximate surface area is 214 Å². The van der Waals surface area contributed by atoms with Crippen molar-refractivity contribution >= 4 is 36.8 Å². The molecule has 1 saturated carbocycles. The van der Waals surface area contributed by atoms with E-state index in [9.17, 15) is 9.59 Å². The van der Waals surface area contributed by atoms with Crippen molar-refractivity contribution in [3.63, 3.8) is 0 Å². The summed E-state index contributed by atoms with van der Waals surface area (Å²) in [7, 11) is -2.20. The second-order valence-corrected chi connectivity index (χ2v) is 16.2. The average molecular weight is 508 g/mol. The molecule has 0 radical (unpaired) electrons. The second kappa shape index (κ2) is 9.80. The van der Waals surface area contributed by atoms with Crippen LogP contribution in [0, 0.1) is 12.8 Å². The maximum Gasteiger partial charge on any atom is 0.274 e. The molecule has 0 atom stereocenters. The molecule has 36 heavy (non-hydrogen) atoms. The van der Waals surface area contributed by atoms with Crippen molar-refractivity contribution in [1.82, 2.24) is 9.97 Å². The molecule has 2 aromatic heterocycles. The lowest BCUT2D eigenvalue weighted by atomic mass is 9.80. The molecular formula is C28H37N3O4Si. The molecule has 0 bridgehead atoms. The summed E-state index contributed by atoms with van der Waals surface area (Å²) in [6.07, 6.45) is 3.49. The molecule has 1 aliphatic carbocycles. The van der Waals surface area contributed by atoms with Crippen LogP contribution in [0.15, 0.2) is 34.7 Å². The van der Waals surface area contributed by atoms with Crippen molar-refractivity contribution in [1.29, 1.82) is 0 Å². The van der Waals surface area contributed by atoms with Gasteiger partial charge in [-0.05, 0) is 69.8 Å². The van der Waals surface area contributed by atoms with Crippen molar-refractivity contribution < 1.29 is 18.4 Å². The number of nitrogens with one attached hydrogen (secondary N) is 1. The van der Waals surface area contributed by atoms with Gasteiger partial charge in [0, 0.05) is 29.7 Å². The number of benzene rings is 1. The highest BCUT2D eigenvalue weighted by Gasteiger charge is 2.40. The topological polar surface area (TPSA) is 94.3 Å². The number of ketones is 1. The fourth-order valence-corrected chi connectivity index (χ4v) is 5.38. The zero-order valence-corrected chi connectivity index (χ0v) is 23.4. The van der Waals surface area contributed by atoms with Crippen LogP contribution in [0.2, 0.25) is 18.1 Å². The zero-order chi connectivity index (χ0) is 26.3. The SMILES string of the molecule is CC(=O)C1CCC(c2nc3cc(O[Si](C)(C)C(C)(C)C)c(NC(=O)c4cccc(C)n4)cc3o2)CC1. The molecule has 1 amide bonds. The largest absolute Gasteiger partial charge is 0.542 e. The van der Waals surface area contributed by atoms with Crippen LogP contribution in [0.3, 0.4) is 0 Å². The van der Waals surface area contributed by atoms with E-state index in [4.69, 9.17) is 13.8 Å². The Hall–Kier alpha value is -3.00. The number of aromatic nitrogens is 2. The van der Waals surface area contributed by atoms with Crippen molar-refractivity contribution in [3.8, 4) is 5.75 Å². The molecule has 2 heterocycles. The monoisotopic (exact) mass is 507 g/mol. The van der Waals surface area contributed by atoms with Gasteiger partial charge in [-0.1, -0.05) is 26.8 Å². The van der Waals surface area contributed by atoms with E-state index in [1.165, 1.54) is 0 Å². The Morgan fingerprint density at radius 1 is 1.08 bits per heavy atom. The lowest BCUT2D eigenvalue weighted by Crippen LogP contribution is -2.44. The Balaban J connectivity index is 1.69. The van der Waals surface area contributed by atoms with E-state index in [0.29, 0.717) is 34.1 Å². The number of oxazole rings is 1. The van der Waals surface area contributed by atoms with Crippen LogP contribution >= 0.6 is 0 Å². The molecule has 0 saturated heterocycles. The maximum absolute atomic E-state index is 13.1. The smallest absolute Gasteiger partial charge is 0.274 e. The summed E-state index contributed by atoms with van der Waals surface area (Å²) in [6, 6.07) is 9.05. The number of aryl methyl sites for hydroxylation is 1. The minimum absolute atomic E-state index is 0.0222. The predicted octanol–water partition coefficient (Wildman–Crippen LogP) is 7.03. The van der Waals surface area contributed by atoms with Crippen LogP contribution in [-0.4, -0.2) is 30.0 Å². The minimum Gasteiger partial charge on any atom is -0.542 e. The third kappa shape index (κ3) is 5.53. The summed E-state index contributed by atoms with van der Waals surface area (Å²) in [5, 5.41) is 2.98. The van der Waals surface area contributed by atoms with E-state index in [1.54, 1.807) is 13.0 Å². The molecule has 192 valence electrons. The number of hydrogen-bond acceptors (Lipinski definition) is 6. The van der Waals surface area contributed by atoms with Gasteiger partial charge in [-0.2, -0.15) is 0 Å². The quantitative estimate of drug-likeness (QED) is 0.360. The normalized spacial score (nSPS) is 18.8. The number of anilines is 1. The molecule has 7 nitrogen and oxygen atoms in total. The molecule has 0 unspecified atom stereocenters. The number of amides is 1. The molecule has 1 N–H and O–H groups in total. The first-order valence-electron chi connectivity index (χ1n) is 12.7. The van der Waals surface area contributed by atoms with Gasteiger partial charge >= 0.3 is 0 Å². The van der Waals surface area contributed by atoms with Gasteiger partial charge in [0.15, 0.2) is 11.5 Å². The molecule has 0 spiro atoms. The highest BCUT2D eigenvalue weighted by Crippen LogP contribution is 2.42. The third-order valence-electron chi connectivity index (χ3n) is 7.70. The molecule has 8 heteroatoms. The van der Waals surface area contributed by atoms with Gasteiger partial charge in [-0.3, -0.25) is 9.59 Å². The van der Waals surface area contributed by atoms with Crippen LogP contribution in [0.1, 0.15) is 81.4 Å². The number of Topliss-reactive ketones (excluding diaryl/α,β-unsaturated/α-hetero) is 1. The van der Waals surface area contributed by atoms with Crippen molar-refractivity contribution in [3.05, 3.63) is 47.6 Å². The van der Waals surface area contributed by atoms with E-state index in [-0.39, 0.29) is 28.6 Å². The van der Waals surface area contributed by atoms with Gasteiger partial charge < -0.3 is 14.2 Å². The Morgan fingerprint density at radius 2 is 1.78 bits per heavy atom. The lowest BCUT2D eigenvalue weighted by Gasteiger charge is -2.37. The average Bonchev–Trinajstić information content (AvgIpc) is 3.21.